The van der Waals surface area contributed by atoms with Crippen LogP contribution in [0.3, 0.4) is 0 Å². The Bertz CT molecular complexity index is 1290. The molecule has 2 atom stereocenters. The molecule has 0 fully saturated rings. The second-order valence-electron chi connectivity index (χ2n) is 8.86. The van der Waals surface area contributed by atoms with Gasteiger partial charge in [0.15, 0.2) is 0 Å². The SMILES string of the molecule is O=C(O)C[C@@H]1COc2cc(O[C@@H]3CCc4c(Oc5ccc6c(c5)CCO6)ccc(F)c43)ccc21. The highest BCUT2D eigenvalue weighted by Gasteiger charge is 2.32. The zero-order valence-corrected chi connectivity index (χ0v) is 18.4. The van der Waals surface area contributed by atoms with Crippen molar-refractivity contribution in [2.24, 2.45) is 0 Å². The first-order valence-corrected chi connectivity index (χ1v) is 11.4. The van der Waals surface area contributed by atoms with Gasteiger partial charge < -0.3 is 24.1 Å². The van der Waals surface area contributed by atoms with E-state index in [0.29, 0.717) is 54.6 Å². The molecule has 3 aliphatic rings. The van der Waals surface area contributed by atoms with Crippen LogP contribution in [0, 0.1) is 5.82 Å². The van der Waals surface area contributed by atoms with Crippen LogP contribution in [0.25, 0.3) is 0 Å². The van der Waals surface area contributed by atoms with Crippen molar-refractivity contribution >= 4 is 5.97 Å². The Morgan fingerprint density at radius 1 is 1.03 bits per heavy atom. The molecule has 1 N–H and O–H groups in total. The number of aliphatic carboxylic acids is 1. The quantitative estimate of drug-likeness (QED) is 0.516. The van der Waals surface area contributed by atoms with Crippen molar-refractivity contribution < 1.29 is 33.2 Å². The van der Waals surface area contributed by atoms with E-state index in [9.17, 15) is 9.18 Å². The second-order valence-corrected chi connectivity index (χ2v) is 8.86. The largest absolute Gasteiger partial charge is 0.493 e. The van der Waals surface area contributed by atoms with Crippen molar-refractivity contribution in [3.05, 3.63) is 76.6 Å². The molecule has 0 saturated heterocycles. The van der Waals surface area contributed by atoms with Gasteiger partial charge in [0.05, 0.1) is 19.6 Å². The van der Waals surface area contributed by atoms with Gasteiger partial charge in [0.2, 0.25) is 0 Å². The standard InChI is InChI=1S/C27H23FO6/c28-21-5-8-23(33-17-2-6-22-15(11-17)9-10-31-22)20-4-7-24(27(20)21)34-18-1-3-19-16(12-26(29)30)14-32-25(19)13-18/h1-3,5-6,8,11,13,16,24H,4,7,9-10,12,14H2,(H,29,30)/t16-,24-/m1/s1. The average molecular weight is 462 g/mol. The van der Waals surface area contributed by atoms with E-state index in [1.54, 1.807) is 18.2 Å². The summed E-state index contributed by atoms with van der Waals surface area (Å²) in [5.74, 6) is 2.08. The van der Waals surface area contributed by atoms with E-state index in [4.69, 9.17) is 24.1 Å². The minimum atomic E-state index is -0.856. The molecular formula is C27H23FO6. The highest BCUT2D eigenvalue weighted by molar-refractivity contribution is 5.68. The monoisotopic (exact) mass is 462 g/mol. The Labute approximate surface area is 195 Å². The molecule has 2 heterocycles. The predicted octanol–water partition coefficient (Wildman–Crippen LogP) is 5.57. The zero-order chi connectivity index (χ0) is 23.2. The Balaban J connectivity index is 1.23. The van der Waals surface area contributed by atoms with E-state index in [2.05, 4.69) is 0 Å². The van der Waals surface area contributed by atoms with Crippen LogP contribution >= 0.6 is 0 Å². The first-order valence-electron chi connectivity index (χ1n) is 11.4. The molecule has 0 unspecified atom stereocenters. The molecule has 6 rings (SSSR count). The van der Waals surface area contributed by atoms with E-state index in [1.807, 2.05) is 24.3 Å². The van der Waals surface area contributed by atoms with Crippen LogP contribution in [0.4, 0.5) is 4.39 Å². The maximum atomic E-state index is 14.9. The summed E-state index contributed by atoms with van der Waals surface area (Å²) in [6, 6.07) is 14.2. The summed E-state index contributed by atoms with van der Waals surface area (Å²) < 4.78 is 38.5. The van der Waals surface area contributed by atoms with Crippen molar-refractivity contribution in [1.29, 1.82) is 0 Å². The summed E-state index contributed by atoms with van der Waals surface area (Å²) in [5.41, 5.74) is 3.32. The molecule has 6 nitrogen and oxygen atoms in total. The number of carboxylic acids is 1. The van der Waals surface area contributed by atoms with Gasteiger partial charge in [-0.05, 0) is 49.2 Å². The molecule has 0 aromatic heterocycles. The zero-order valence-electron chi connectivity index (χ0n) is 18.4. The van der Waals surface area contributed by atoms with E-state index >= 15 is 0 Å². The number of halogens is 1. The molecule has 1 aliphatic carbocycles. The second kappa shape index (κ2) is 8.24. The van der Waals surface area contributed by atoms with Gasteiger partial charge in [-0.25, -0.2) is 4.39 Å². The Hall–Kier alpha value is -3.74. The van der Waals surface area contributed by atoms with Crippen molar-refractivity contribution in [1.82, 2.24) is 0 Å². The lowest BCUT2D eigenvalue weighted by Crippen LogP contribution is -2.07. The van der Waals surface area contributed by atoms with Gasteiger partial charge >= 0.3 is 5.97 Å². The number of fused-ring (bicyclic) bond motifs is 3. The van der Waals surface area contributed by atoms with Crippen LogP contribution in [-0.4, -0.2) is 24.3 Å². The molecule has 2 aliphatic heterocycles. The lowest BCUT2D eigenvalue weighted by molar-refractivity contribution is -0.137. The Morgan fingerprint density at radius 2 is 1.91 bits per heavy atom. The molecule has 0 saturated carbocycles. The van der Waals surface area contributed by atoms with Crippen molar-refractivity contribution in [3.63, 3.8) is 0 Å². The Kier molecular flexibility index (Phi) is 5.05. The van der Waals surface area contributed by atoms with Crippen LogP contribution in [0.2, 0.25) is 0 Å². The highest BCUT2D eigenvalue weighted by atomic mass is 19.1. The third kappa shape index (κ3) is 3.71. The summed E-state index contributed by atoms with van der Waals surface area (Å²) in [5, 5.41) is 9.09. The normalized spacial score (nSPS) is 19.6. The predicted molar refractivity (Wildman–Crippen MR) is 121 cm³/mol. The van der Waals surface area contributed by atoms with E-state index in [0.717, 1.165) is 28.9 Å². The van der Waals surface area contributed by atoms with Gasteiger partial charge in [-0.2, -0.15) is 0 Å². The van der Waals surface area contributed by atoms with E-state index in [-0.39, 0.29) is 18.2 Å². The number of benzene rings is 3. The third-order valence-corrected chi connectivity index (χ3v) is 6.69. The van der Waals surface area contributed by atoms with Gasteiger partial charge in [0.1, 0.15) is 40.7 Å². The molecule has 0 spiro atoms. The Morgan fingerprint density at radius 3 is 2.79 bits per heavy atom. The number of rotatable bonds is 6. The molecule has 174 valence electrons. The average Bonchev–Trinajstić information content (AvgIpc) is 3.54. The van der Waals surface area contributed by atoms with Crippen LogP contribution in [0.5, 0.6) is 28.7 Å². The van der Waals surface area contributed by atoms with Gasteiger partial charge in [-0.1, -0.05) is 6.07 Å². The molecule has 0 bridgehead atoms. The minimum absolute atomic E-state index is 0.0223. The van der Waals surface area contributed by atoms with Crippen LogP contribution in [0.15, 0.2) is 48.5 Å². The van der Waals surface area contributed by atoms with Crippen molar-refractivity contribution in [2.45, 2.75) is 37.7 Å². The van der Waals surface area contributed by atoms with E-state index in [1.165, 1.54) is 6.07 Å². The topological polar surface area (TPSA) is 74.2 Å². The summed E-state index contributed by atoms with van der Waals surface area (Å²) in [6.07, 6.45) is 1.70. The summed E-state index contributed by atoms with van der Waals surface area (Å²) in [6.45, 7) is 1.01. The van der Waals surface area contributed by atoms with E-state index < -0.39 is 12.1 Å². The smallest absolute Gasteiger partial charge is 0.304 e. The van der Waals surface area contributed by atoms with Crippen molar-refractivity contribution in [3.8, 4) is 28.7 Å². The summed E-state index contributed by atoms with van der Waals surface area (Å²) in [4.78, 5) is 11.1. The van der Waals surface area contributed by atoms with Gasteiger partial charge in [-0.15, -0.1) is 0 Å². The highest BCUT2D eigenvalue weighted by Crippen LogP contribution is 2.44. The first-order chi connectivity index (χ1) is 16.5. The third-order valence-electron chi connectivity index (χ3n) is 6.69. The van der Waals surface area contributed by atoms with Crippen LogP contribution in [-0.2, 0) is 17.6 Å². The number of carboxylic acid groups (broad SMARTS) is 1. The fourth-order valence-corrected chi connectivity index (χ4v) is 5.08. The van der Waals surface area contributed by atoms with Gasteiger partial charge in [0, 0.05) is 40.7 Å². The lowest BCUT2D eigenvalue weighted by atomic mass is 9.98. The molecule has 3 aromatic carbocycles. The molecule has 3 aromatic rings. The van der Waals surface area contributed by atoms with Crippen LogP contribution < -0.4 is 18.9 Å². The number of hydrogen-bond acceptors (Lipinski definition) is 5. The lowest BCUT2D eigenvalue weighted by Gasteiger charge is -2.17. The molecule has 0 radical (unpaired) electrons. The summed E-state index contributed by atoms with van der Waals surface area (Å²) >= 11 is 0. The molecule has 34 heavy (non-hydrogen) atoms. The maximum Gasteiger partial charge on any atom is 0.304 e. The summed E-state index contributed by atoms with van der Waals surface area (Å²) in [7, 11) is 0. The number of carbonyl (C=O) groups is 1. The van der Waals surface area contributed by atoms with Gasteiger partial charge in [0.25, 0.3) is 0 Å². The van der Waals surface area contributed by atoms with Crippen molar-refractivity contribution in [2.75, 3.05) is 13.2 Å². The number of ether oxygens (including phenoxy) is 4. The van der Waals surface area contributed by atoms with Gasteiger partial charge in [-0.3, -0.25) is 4.79 Å². The van der Waals surface area contributed by atoms with Crippen LogP contribution in [0.1, 0.15) is 47.1 Å². The fraction of sp³-hybridized carbons (Fsp3) is 0.296. The minimum Gasteiger partial charge on any atom is -0.493 e. The number of hydrogen-bond donors (Lipinski definition) is 1. The first kappa shape index (κ1) is 20.8. The molecular weight excluding hydrogens is 439 g/mol. The molecule has 0 amide bonds. The fourth-order valence-electron chi connectivity index (χ4n) is 5.08. The maximum absolute atomic E-state index is 14.9. The molecule has 7 heteroatoms.